The van der Waals surface area contributed by atoms with Crippen LogP contribution < -0.4 is 5.73 Å². The van der Waals surface area contributed by atoms with E-state index in [2.05, 4.69) is 19.9 Å². The highest BCUT2D eigenvalue weighted by atomic mass is 35.5. The molecule has 164 valence electrons. The molecule has 1 heterocycles. The van der Waals surface area contributed by atoms with Crippen LogP contribution >= 0.6 is 11.6 Å². The van der Waals surface area contributed by atoms with E-state index in [4.69, 9.17) is 17.3 Å². The van der Waals surface area contributed by atoms with E-state index >= 15 is 0 Å². The van der Waals surface area contributed by atoms with Gasteiger partial charge >= 0.3 is 0 Å². The van der Waals surface area contributed by atoms with Crippen LogP contribution in [0.15, 0.2) is 42.0 Å². The van der Waals surface area contributed by atoms with Crippen molar-refractivity contribution in [2.24, 2.45) is 11.8 Å². The Morgan fingerprint density at radius 3 is 2.73 bits per heavy atom. The molecule has 30 heavy (non-hydrogen) atoms. The third-order valence-electron chi connectivity index (χ3n) is 6.56. The molecule has 0 spiro atoms. The number of hydrogen-bond acceptors (Lipinski definition) is 3. The number of likely N-dealkylation sites (tertiary alicyclic amines) is 1. The molecule has 0 saturated carbocycles. The second-order valence-corrected chi connectivity index (χ2v) is 9.78. The van der Waals surface area contributed by atoms with Crippen LogP contribution in [-0.2, 0) is 4.79 Å². The van der Waals surface area contributed by atoms with Gasteiger partial charge in [0.1, 0.15) is 0 Å². The summed E-state index contributed by atoms with van der Waals surface area (Å²) in [6.45, 7) is 7.44. The van der Waals surface area contributed by atoms with Gasteiger partial charge in [-0.15, -0.1) is 0 Å². The molecule has 0 bridgehead atoms. The van der Waals surface area contributed by atoms with E-state index in [9.17, 15) is 9.90 Å². The molecule has 1 aromatic carbocycles. The number of carbonyl (C=O) groups excluding carboxylic acids is 1. The van der Waals surface area contributed by atoms with Crippen LogP contribution in [-0.4, -0.2) is 34.6 Å². The lowest BCUT2D eigenvalue weighted by atomic mass is 9.80. The zero-order chi connectivity index (χ0) is 21.9. The van der Waals surface area contributed by atoms with Crippen LogP contribution in [0.25, 0.3) is 0 Å². The van der Waals surface area contributed by atoms with Crippen LogP contribution in [0.1, 0.15) is 64.4 Å². The quantitative estimate of drug-likeness (QED) is 0.575. The molecule has 2 aliphatic rings. The number of hydrogen-bond donors (Lipinski definition) is 2. The van der Waals surface area contributed by atoms with Crippen molar-refractivity contribution < 1.29 is 9.90 Å². The summed E-state index contributed by atoms with van der Waals surface area (Å²) in [5.41, 5.74) is 6.95. The number of anilines is 1. The van der Waals surface area contributed by atoms with Gasteiger partial charge in [0.15, 0.2) is 5.60 Å². The van der Waals surface area contributed by atoms with E-state index in [1.807, 2.05) is 35.3 Å². The van der Waals surface area contributed by atoms with Crippen LogP contribution in [0.3, 0.4) is 0 Å². The van der Waals surface area contributed by atoms with Gasteiger partial charge in [-0.05, 0) is 73.6 Å². The van der Waals surface area contributed by atoms with Crippen LogP contribution in [0.5, 0.6) is 0 Å². The number of nitrogens with two attached hydrogens (primary N) is 1. The van der Waals surface area contributed by atoms with Gasteiger partial charge in [-0.3, -0.25) is 4.79 Å². The topological polar surface area (TPSA) is 66.6 Å². The third kappa shape index (κ3) is 5.09. The fourth-order valence-corrected chi connectivity index (χ4v) is 4.86. The van der Waals surface area contributed by atoms with Gasteiger partial charge in [-0.25, -0.2) is 0 Å². The number of aliphatic hydroxyl groups is 1. The summed E-state index contributed by atoms with van der Waals surface area (Å²) in [4.78, 5) is 15.0. The SMILES string of the molecule is CC(C)CCC(c1ccc(N)c(Cl)c1)[C@H]1CCN(C(=O)[C@@](C)(O)C2=CCCC=C2)C1. The van der Waals surface area contributed by atoms with Gasteiger partial charge in [-0.1, -0.05) is 56.2 Å². The molecule has 4 nitrogen and oxygen atoms in total. The number of nitrogens with zero attached hydrogens (tertiary/aromatic N) is 1. The Balaban J connectivity index is 1.76. The minimum absolute atomic E-state index is 0.194. The first-order valence-electron chi connectivity index (χ1n) is 11.1. The summed E-state index contributed by atoms with van der Waals surface area (Å²) in [6, 6.07) is 5.94. The molecule has 1 saturated heterocycles. The Kier molecular flexibility index (Phi) is 7.30. The minimum atomic E-state index is -1.47. The maximum Gasteiger partial charge on any atom is 0.258 e. The monoisotopic (exact) mass is 430 g/mol. The van der Waals surface area contributed by atoms with E-state index in [1.165, 1.54) is 5.56 Å². The Morgan fingerprint density at radius 1 is 1.33 bits per heavy atom. The Bertz CT molecular complexity index is 828. The Hall–Kier alpha value is -1.78. The number of benzene rings is 1. The summed E-state index contributed by atoms with van der Waals surface area (Å²) in [5, 5.41) is 11.6. The second kappa shape index (κ2) is 9.57. The van der Waals surface area contributed by atoms with Crippen molar-refractivity contribution in [1.29, 1.82) is 0 Å². The minimum Gasteiger partial charge on any atom is -0.398 e. The molecule has 1 fully saturated rings. The zero-order valence-corrected chi connectivity index (χ0v) is 19.2. The van der Waals surface area contributed by atoms with E-state index in [0.29, 0.717) is 47.1 Å². The predicted octanol–water partition coefficient (Wildman–Crippen LogP) is 5.32. The molecule has 3 rings (SSSR count). The van der Waals surface area contributed by atoms with Crippen molar-refractivity contribution in [2.75, 3.05) is 18.8 Å². The number of amides is 1. The lowest BCUT2D eigenvalue weighted by molar-refractivity contribution is -0.144. The Morgan fingerprint density at radius 2 is 2.10 bits per heavy atom. The third-order valence-corrected chi connectivity index (χ3v) is 6.89. The van der Waals surface area contributed by atoms with Gasteiger partial charge in [0.05, 0.1) is 10.7 Å². The summed E-state index contributed by atoms with van der Waals surface area (Å²) in [5.74, 6) is 1.09. The first-order valence-corrected chi connectivity index (χ1v) is 11.5. The molecular weight excluding hydrogens is 396 g/mol. The Labute approximate surface area is 185 Å². The van der Waals surface area contributed by atoms with Crippen molar-refractivity contribution >= 4 is 23.2 Å². The first-order chi connectivity index (χ1) is 14.2. The molecule has 3 atom stereocenters. The average Bonchev–Trinajstić information content (AvgIpc) is 3.20. The van der Waals surface area contributed by atoms with Crippen LogP contribution in [0.4, 0.5) is 5.69 Å². The molecule has 3 N–H and O–H groups in total. The molecule has 1 unspecified atom stereocenters. The fourth-order valence-electron chi connectivity index (χ4n) is 4.67. The summed E-state index contributed by atoms with van der Waals surface area (Å²) < 4.78 is 0. The number of halogens is 1. The lowest BCUT2D eigenvalue weighted by Gasteiger charge is -2.31. The van der Waals surface area contributed by atoms with Crippen LogP contribution in [0.2, 0.25) is 5.02 Å². The molecule has 0 aromatic heterocycles. The zero-order valence-electron chi connectivity index (χ0n) is 18.4. The normalized spacial score (nSPS) is 22.1. The molecule has 0 radical (unpaired) electrons. The standard InChI is InChI=1S/C25H35ClN2O2/c1-17(2)9-11-21(18-10-12-23(27)22(26)15-18)19-13-14-28(16-19)24(29)25(3,30)20-7-5-4-6-8-20/h5,7-8,10,12,15,17,19,21,30H,4,6,9,11,13-14,16,27H2,1-3H3/t19-,21?,25-/m0/s1. The van der Waals surface area contributed by atoms with E-state index in [1.54, 1.807) is 6.92 Å². The van der Waals surface area contributed by atoms with Gasteiger partial charge in [-0.2, -0.15) is 0 Å². The first kappa shape index (κ1) is 22.9. The van der Waals surface area contributed by atoms with Gasteiger partial charge in [0.2, 0.25) is 0 Å². The molecule has 1 aliphatic heterocycles. The van der Waals surface area contributed by atoms with Gasteiger partial charge < -0.3 is 15.7 Å². The highest BCUT2D eigenvalue weighted by molar-refractivity contribution is 6.33. The van der Waals surface area contributed by atoms with Crippen molar-refractivity contribution in [3.8, 4) is 0 Å². The second-order valence-electron chi connectivity index (χ2n) is 9.37. The molecule has 1 aliphatic carbocycles. The van der Waals surface area contributed by atoms with E-state index in [-0.39, 0.29) is 5.91 Å². The van der Waals surface area contributed by atoms with Gasteiger partial charge in [0, 0.05) is 13.1 Å². The summed E-state index contributed by atoms with van der Waals surface area (Å²) in [6.07, 6.45) is 10.8. The average molecular weight is 431 g/mol. The maximum atomic E-state index is 13.2. The summed E-state index contributed by atoms with van der Waals surface area (Å²) in [7, 11) is 0. The number of allylic oxidation sites excluding steroid dienone is 2. The summed E-state index contributed by atoms with van der Waals surface area (Å²) >= 11 is 6.32. The van der Waals surface area contributed by atoms with Crippen molar-refractivity contribution in [1.82, 2.24) is 4.90 Å². The van der Waals surface area contributed by atoms with E-state index < -0.39 is 5.60 Å². The fraction of sp³-hybridized carbons (Fsp3) is 0.560. The largest absolute Gasteiger partial charge is 0.398 e. The van der Waals surface area contributed by atoms with Crippen molar-refractivity contribution in [3.63, 3.8) is 0 Å². The van der Waals surface area contributed by atoms with Crippen molar-refractivity contribution in [3.05, 3.63) is 52.6 Å². The van der Waals surface area contributed by atoms with Crippen molar-refractivity contribution in [2.45, 2.75) is 64.4 Å². The lowest BCUT2D eigenvalue weighted by Crippen LogP contribution is -2.47. The van der Waals surface area contributed by atoms with Crippen LogP contribution in [0, 0.1) is 11.8 Å². The predicted molar refractivity (Wildman–Crippen MR) is 124 cm³/mol. The van der Waals surface area contributed by atoms with E-state index in [0.717, 1.165) is 32.1 Å². The highest BCUT2D eigenvalue weighted by Gasteiger charge is 2.41. The number of nitrogen functional groups attached to an aromatic ring is 1. The molecule has 1 aromatic rings. The molecule has 5 heteroatoms. The highest BCUT2D eigenvalue weighted by Crippen LogP contribution is 2.39. The maximum absolute atomic E-state index is 13.2. The molecular formula is C25H35ClN2O2. The number of rotatable bonds is 7. The molecule has 1 amide bonds. The smallest absolute Gasteiger partial charge is 0.258 e. The number of carbonyl (C=O) groups is 1. The van der Waals surface area contributed by atoms with Gasteiger partial charge in [0.25, 0.3) is 5.91 Å².